The molecule has 0 N–H and O–H groups in total. The molecule has 0 aromatic heterocycles. The fraction of sp³-hybridized carbons (Fsp3) is 0.381. The molecule has 0 spiro atoms. The first-order valence-corrected chi connectivity index (χ1v) is 9.13. The summed E-state index contributed by atoms with van der Waals surface area (Å²) in [5.74, 6) is 0.179. The average Bonchev–Trinajstić information content (AvgIpc) is 2.61. The van der Waals surface area contributed by atoms with E-state index in [4.69, 9.17) is 11.6 Å². The zero-order chi connectivity index (χ0) is 18.0. The molecule has 0 aliphatic carbocycles. The lowest BCUT2D eigenvalue weighted by Gasteiger charge is -2.39. The van der Waals surface area contributed by atoms with E-state index < -0.39 is 5.41 Å². The summed E-state index contributed by atoms with van der Waals surface area (Å²) in [6.07, 6.45) is 0. The van der Waals surface area contributed by atoms with Crippen molar-refractivity contribution >= 4 is 23.2 Å². The molecule has 25 heavy (non-hydrogen) atoms. The Morgan fingerprint density at radius 2 is 1.64 bits per heavy atom. The smallest absolute Gasteiger partial charge is 0.232 e. The third-order valence-electron chi connectivity index (χ3n) is 5.03. The third kappa shape index (κ3) is 3.82. The highest BCUT2D eigenvalue weighted by atomic mass is 35.5. The molecule has 0 radical (unpaired) electrons. The van der Waals surface area contributed by atoms with Crippen molar-refractivity contribution in [2.45, 2.75) is 26.2 Å². The van der Waals surface area contributed by atoms with Gasteiger partial charge in [-0.2, -0.15) is 0 Å². The molecule has 0 bridgehead atoms. The van der Waals surface area contributed by atoms with Gasteiger partial charge < -0.3 is 9.80 Å². The van der Waals surface area contributed by atoms with Crippen molar-refractivity contribution in [3.8, 4) is 0 Å². The number of halogens is 1. The largest absolute Gasteiger partial charge is 0.368 e. The van der Waals surface area contributed by atoms with Gasteiger partial charge in [-0.1, -0.05) is 35.9 Å². The van der Waals surface area contributed by atoms with Crippen LogP contribution in [0.4, 0.5) is 5.69 Å². The molecule has 1 amide bonds. The number of amides is 1. The summed E-state index contributed by atoms with van der Waals surface area (Å²) in [4.78, 5) is 17.4. The standard InChI is InChI=1S/C21H25ClN2O/c1-16-5-4-6-19(15-16)23-11-13-24(14-12-23)20(25)21(2,3)17-7-9-18(22)10-8-17/h4-10,15H,11-14H2,1-3H3. The van der Waals surface area contributed by atoms with E-state index in [0.29, 0.717) is 5.02 Å². The molecule has 0 saturated carbocycles. The van der Waals surface area contributed by atoms with Crippen LogP contribution in [0, 0.1) is 6.92 Å². The van der Waals surface area contributed by atoms with E-state index >= 15 is 0 Å². The Kier molecular flexibility index (Phi) is 5.05. The van der Waals surface area contributed by atoms with Gasteiger partial charge in [0.1, 0.15) is 0 Å². The average molecular weight is 357 g/mol. The fourth-order valence-corrected chi connectivity index (χ4v) is 3.50. The summed E-state index contributed by atoms with van der Waals surface area (Å²) in [6.45, 7) is 9.33. The van der Waals surface area contributed by atoms with E-state index in [-0.39, 0.29) is 5.91 Å². The quantitative estimate of drug-likeness (QED) is 0.819. The summed E-state index contributed by atoms with van der Waals surface area (Å²) < 4.78 is 0. The van der Waals surface area contributed by atoms with Crippen LogP contribution in [-0.4, -0.2) is 37.0 Å². The molecule has 1 saturated heterocycles. The van der Waals surface area contributed by atoms with E-state index in [1.807, 2.05) is 43.0 Å². The van der Waals surface area contributed by atoms with E-state index in [1.165, 1.54) is 11.3 Å². The van der Waals surface area contributed by atoms with Gasteiger partial charge in [-0.25, -0.2) is 0 Å². The lowest BCUT2D eigenvalue weighted by molar-refractivity contribution is -0.136. The molecule has 0 unspecified atom stereocenters. The Bertz CT molecular complexity index is 747. The van der Waals surface area contributed by atoms with E-state index in [0.717, 1.165) is 31.7 Å². The molecule has 3 rings (SSSR count). The maximum Gasteiger partial charge on any atom is 0.232 e. The van der Waals surface area contributed by atoms with Crippen LogP contribution in [0.1, 0.15) is 25.0 Å². The van der Waals surface area contributed by atoms with Gasteiger partial charge in [0.2, 0.25) is 5.91 Å². The van der Waals surface area contributed by atoms with Crippen LogP contribution in [0.25, 0.3) is 0 Å². The molecule has 1 heterocycles. The summed E-state index contributed by atoms with van der Waals surface area (Å²) in [5, 5.41) is 0.693. The highest BCUT2D eigenvalue weighted by Gasteiger charge is 2.35. The molecule has 4 heteroatoms. The zero-order valence-corrected chi connectivity index (χ0v) is 15.9. The lowest BCUT2D eigenvalue weighted by Crippen LogP contribution is -2.53. The second-order valence-corrected chi connectivity index (χ2v) is 7.69. The molecule has 0 atom stereocenters. The number of aryl methyl sites for hydroxylation is 1. The fourth-order valence-electron chi connectivity index (χ4n) is 3.38. The number of rotatable bonds is 3. The maximum atomic E-state index is 13.1. The van der Waals surface area contributed by atoms with Gasteiger partial charge >= 0.3 is 0 Å². The van der Waals surface area contributed by atoms with Crippen LogP contribution in [0.15, 0.2) is 48.5 Å². The normalized spacial score (nSPS) is 15.4. The minimum atomic E-state index is -0.546. The van der Waals surface area contributed by atoms with Crippen molar-refractivity contribution in [2.75, 3.05) is 31.1 Å². The second kappa shape index (κ2) is 7.09. The monoisotopic (exact) mass is 356 g/mol. The van der Waals surface area contributed by atoms with E-state index in [2.05, 4.69) is 36.1 Å². The topological polar surface area (TPSA) is 23.6 Å². The minimum Gasteiger partial charge on any atom is -0.368 e. The molecule has 1 aliphatic heterocycles. The van der Waals surface area contributed by atoms with Crippen molar-refractivity contribution in [1.29, 1.82) is 0 Å². The Labute approximate surface area is 155 Å². The molecule has 1 aliphatic rings. The van der Waals surface area contributed by atoms with E-state index in [1.54, 1.807) is 0 Å². The summed E-state index contributed by atoms with van der Waals surface area (Å²) in [7, 11) is 0. The Morgan fingerprint density at radius 3 is 2.24 bits per heavy atom. The van der Waals surface area contributed by atoms with Crippen molar-refractivity contribution in [3.05, 3.63) is 64.7 Å². The highest BCUT2D eigenvalue weighted by molar-refractivity contribution is 6.30. The number of nitrogens with zero attached hydrogens (tertiary/aromatic N) is 2. The Balaban J connectivity index is 1.67. The first-order chi connectivity index (χ1) is 11.9. The molecule has 2 aromatic carbocycles. The van der Waals surface area contributed by atoms with Crippen molar-refractivity contribution in [2.24, 2.45) is 0 Å². The first-order valence-electron chi connectivity index (χ1n) is 8.75. The highest BCUT2D eigenvalue weighted by Crippen LogP contribution is 2.28. The number of hydrogen-bond acceptors (Lipinski definition) is 2. The van der Waals surface area contributed by atoms with Crippen molar-refractivity contribution < 1.29 is 4.79 Å². The number of hydrogen-bond donors (Lipinski definition) is 0. The van der Waals surface area contributed by atoms with Crippen LogP contribution in [-0.2, 0) is 10.2 Å². The Morgan fingerprint density at radius 1 is 1.00 bits per heavy atom. The number of carbonyl (C=O) groups is 1. The molecule has 2 aromatic rings. The van der Waals surface area contributed by atoms with Gasteiger partial charge in [0.25, 0.3) is 0 Å². The molecular formula is C21H25ClN2O. The van der Waals surface area contributed by atoms with Gasteiger partial charge in [-0.15, -0.1) is 0 Å². The SMILES string of the molecule is Cc1cccc(N2CCN(C(=O)C(C)(C)c3ccc(Cl)cc3)CC2)c1. The van der Waals surface area contributed by atoms with Gasteiger partial charge in [0.05, 0.1) is 5.41 Å². The lowest BCUT2D eigenvalue weighted by atomic mass is 9.83. The van der Waals surface area contributed by atoms with Crippen LogP contribution < -0.4 is 4.90 Å². The predicted molar refractivity (Wildman–Crippen MR) is 104 cm³/mol. The number of benzene rings is 2. The third-order valence-corrected chi connectivity index (χ3v) is 5.29. The van der Waals surface area contributed by atoms with Crippen molar-refractivity contribution in [1.82, 2.24) is 4.90 Å². The molecular weight excluding hydrogens is 332 g/mol. The van der Waals surface area contributed by atoms with Crippen LogP contribution in [0.2, 0.25) is 5.02 Å². The zero-order valence-electron chi connectivity index (χ0n) is 15.1. The first kappa shape index (κ1) is 17.8. The summed E-state index contributed by atoms with van der Waals surface area (Å²) in [6, 6.07) is 16.1. The number of carbonyl (C=O) groups excluding carboxylic acids is 1. The Hall–Kier alpha value is -2.00. The summed E-state index contributed by atoms with van der Waals surface area (Å²) in [5.41, 5.74) is 2.96. The molecule has 1 fully saturated rings. The van der Waals surface area contributed by atoms with Gasteiger partial charge in [-0.05, 0) is 56.2 Å². The number of anilines is 1. The van der Waals surface area contributed by atoms with Gasteiger partial charge in [-0.3, -0.25) is 4.79 Å². The summed E-state index contributed by atoms with van der Waals surface area (Å²) >= 11 is 5.97. The predicted octanol–water partition coefficient (Wildman–Crippen LogP) is 4.27. The van der Waals surface area contributed by atoms with Gasteiger partial charge in [0, 0.05) is 36.9 Å². The van der Waals surface area contributed by atoms with Crippen LogP contribution >= 0.6 is 11.6 Å². The van der Waals surface area contributed by atoms with Crippen LogP contribution in [0.5, 0.6) is 0 Å². The van der Waals surface area contributed by atoms with E-state index in [9.17, 15) is 4.79 Å². The molecule has 132 valence electrons. The maximum absolute atomic E-state index is 13.1. The molecule has 3 nitrogen and oxygen atoms in total. The van der Waals surface area contributed by atoms with Crippen LogP contribution in [0.3, 0.4) is 0 Å². The minimum absolute atomic E-state index is 0.179. The van der Waals surface area contributed by atoms with Gasteiger partial charge in [0.15, 0.2) is 0 Å². The van der Waals surface area contributed by atoms with Crippen molar-refractivity contribution in [3.63, 3.8) is 0 Å². The number of piperazine rings is 1. The second-order valence-electron chi connectivity index (χ2n) is 7.25.